The number of carbonyl (C=O) groups is 1. The van der Waals surface area contributed by atoms with Gasteiger partial charge in [0, 0.05) is 18.1 Å². The number of aromatic amines is 1. The maximum Gasteiger partial charge on any atom is 0.257 e. The lowest BCUT2D eigenvalue weighted by Gasteiger charge is -2.26. The molecule has 0 radical (unpaired) electrons. The second kappa shape index (κ2) is 7.87. The highest BCUT2D eigenvalue weighted by Crippen LogP contribution is 2.36. The molecule has 148 valence electrons. The third kappa shape index (κ3) is 4.12. The largest absolute Gasteiger partial charge is 0.310 e. The number of hydrogen-bond acceptors (Lipinski definition) is 4. The normalized spacial score (nSPS) is 15.7. The van der Waals surface area contributed by atoms with Gasteiger partial charge in [0.25, 0.3) is 5.56 Å². The summed E-state index contributed by atoms with van der Waals surface area (Å²) in [6.45, 7) is 6.07. The van der Waals surface area contributed by atoms with E-state index in [4.69, 9.17) is 0 Å². The van der Waals surface area contributed by atoms with E-state index in [1.165, 1.54) is 17.3 Å². The summed E-state index contributed by atoms with van der Waals surface area (Å²) >= 11 is 1.46. The molecule has 4 rings (SSSR count). The van der Waals surface area contributed by atoms with Crippen LogP contribution in [-0.4, -0.2) is 15.9 Å². The van der Waals surface area contributed by atoms with Crippen LogP contribution in [-0.2, 0) is 10.5 Å². The van der Waals surface area contributed by atoms with Crippen LogP contribution in [0.1, 0.15) is 45.7 Å². The Morgan fingerprint density at radius 1 is 1.07 bits per heavy atom. The van der Waals surface area contributed by atoms with Crippen molar-refractivity contribution in [3.05, 3.63) is 86.2 Å². The Morgan fingerprint density at radius 3 is 2.66 bits per heavy atom. The van der Waals surface area contributed by atoms with E-state index in [1.807, 2.05) is 32.0 Å². The number of anilines is 1. The topological polar surface area (TPSA) is 74.8 Å². The van der Waals surface area contributed by atoms with Gasteiger partial charge in [0.05, 0.1) is 5.56 Å². The second-order valence-electron chi connectivity index (χ2n) is 7.58. The molecule has 1 aromatic heterocycles. The molecule has 1 aliphatic heterocycles. The zero-order chi connectivity index (χ0) is 20.5. The van der Waals surface area contributed by atoms with Crippen LogP contribution in [0.15, 0.2) is 52.4 Å². The lowest BCUT2D eigenvalue weighted by Crippen LogP contribution is -2.31. The summed E-state index contributed by atoms with van der Waals surface area (Å²) in [6.07, 6.45) is 0.248. The van der Waals surface area contributed by atoms with E-state index in [-0.39, 0.29) is 23.8 Å². The number of amides is 1. The molecule has 0 saturated carbocycles. The zero-order valence-corrected chi connectivity index (χ0v) is 17.5. The highest BCUT2D eigenvalue weighted by Gasteiger charge is 2.31. The van der Waals surface area contributed by atoms with Crippen LogP contribution in [0.3, 0.4) is 0 Å². The third-order valence-electron chi connectivity index (χ3n) is 5.20. The minimum absolute atomic E-state index is 0.115. The number of benzene rings is 2. The fraction of sp³-hybridized carbons (Fsp3) is 0.261. The first-order chi connectivity index (χ1) is 13.9. The predicted octanol–water partition coefficient (Wildman–Crippen LogP) is 4.46. The fourth-order valence-corrected chi connectivity index (χ4v) is 4.58. The van der Waals surface area contributed by atoms with E-state index in [1.54, 1.807) is 0 Å². The standard InChI is InChI=1S/C23H23N3O2S/c1-13-5-4-6-16(9-13)12-29-23-25-21-20(22(28)26-23)18(11-19(27)24-21)17-10-14(2)7-8-15(17)3/h4-10,18H,11-12H2,1-3H3,(H2,24,25,26,27,28)/t18-/m0/s1. The third-order valence-corrected chi connectivity index (χ3v) is 6.14. The van der Waals surface area contributed by atoms with E-state index >= 15 is 0 Å². The van der Waals surface area contributed by atoms with Gasteiger partial charge in [0.1, 0.15) is 5.82 Å². The minimum atomic E-state index is -0.286. The number of fused-ring (bicyclic) bond motifs is 1. The minimum Gasteiger partial charge on any atom is -0.310 e. The monoisotopic (exact) mass is 405 g/mol. The molecule has 0 spiro atoms. The number of thioether (sulfide) groups is 1. The molecule has 2 N–H and O–H groups in total. The summed E-state index contributed by atoms with van der Waals surface area (Å²) in [4.78, 5) is 32.8. The van der Waals surface area contributed by atoms with Gasteiger partial charge in [-0.05, 0) is 37.5 Å². The lowest BCUT2D eigenvalue weighted by molar-refractivity contribution is -0.116. The summed E-state index contributed by atoms with van der Waals surface area (Å²) in [7, 11) is 0. The summed E-state index contributed by atoms with van der Waals surface area (Å²) in [5.41, 5.74) is 5.89. The number of H-pyrrole nitrogens is 1. The molecule has 0 unspecified atom stereocenters. The van der Waals surface area contributed by atoms with Crippen molar-refractivity contribution in [2.45, 2.75) is 44.0 Å². The van der Waals surface area contributed by atoms with Gasteiger partial charge >= 0.3 is 0 Å². The van der Waals surface area contributed by atoms with Gasteiger partial charge < -0.3 is 10.3 Å². The number of aromatic nitrogens is 2. The molecule has 29 heavy (non-hydrogen) atoms. The SMILES string of the molecule is Cc1cccc(CSc2nc3c(c(=O)[nH]2)[C@H](c2cc(C)ccc2C)CC(=O)N3)c1. The molecule has 2 aromatic carbocycles. The van der Waals surface area contributed by atoms with Crippen LogP contribution < -0.4 is 10.9 Å². The number of nitrogens with zero attached hydrogens (tertiary/aromatic N) is 1. The van der Waals surface area contributed by atoms with E-state index in [2.05, 4.69) is 46.5 Å². The van der Waals surface area contributed by atoms with Crippen molar-refractivity contribution in [2.24, 2.45) is 0 Å². The van der Waals surface area contributed by atoms with Crippen LogP contribution >= 0.6 is 11.8 Å². The molecule has 6 heteroatoms. The molecular weight excluding hydrogens is 382 g/mol. The van der Waals surface area contributed by atoms with Crippen molar-refractivity contribution in [3.63, 3.8) is 0 Å². The molecule has 0 saturated heterocycles. The van der Waals surface area contributed by atoms with E-state index in [0.29, 0.717) is 22.3 Å². The van der Waals surface area contributed by atoms with Crippen molar-refractivity contribution in [2.75, 3.05) is 5.32 Å². The van der Waals surface area contributed by atoms with Crippen LogP contribution in [0.2, 0.25) is 0 Å². The Bertz CT molecular complexity index is 1150. The van der Waals surface area contributed by atoms with Gasteiger partial charge in [0.2, 0.25) is 5.91 Å². The first kappa shape index (κ1) is 19.5. The molecular formula is C23H23N3O2S. The molecule has 3 aromatic rings. The van der Waals surface area contributed by atoms with E-state index < -0.39 is 0 Å². The van der Waals surface area contributed by atoms with Gasteiger partial charge in [-0.15, -0.1) is 0 Å². The molecule has 1 atom stereocenters. The van der Waals surface area contributed by atoms with Crippen molar-refractivity contribution in [1.29, 1.82) is 0 Å². The first-order valence-electron chi connectivity index (χ1n) is 9.60. The van der Waals surface area contributed by atoms with Crippen LogP contribution in [0.4, 0.5) is 5.82 Å². The summed E-state index contributed by atoms with van der Waals surface area (Å²) in [6, 6.07) is 14.4. The quantitative estimate of drug-likeness (QED) is 0.496. The van der Waals surface area contributed by atoms with Crippen LogP contribution in [0.25, 0.3) is 0 Å². The molecule has 1 aliphatic rings. The van der Waals surface area contributed by atoms with Crippen LogP contribution in [0.5, 0.6) is 0 Å². The number of hydrogen-bond donors (Lipinski definition) is 2. The van der Waals surface area contributed by atoms with Crippen molar-refractivity contribution in [1.82, 2.24) is 9.97 Å². The predicted molar refractivity (Wildman–Crippen MR) is 117 cm³/mol. The van der Waals surface area contributed by atoms with Gasteiger partial charge in [-0.2, -0.15) is 0 Å². The Labute approximate surface area is 174 Å². The second-order valence-corrected chi connectivity index (χ2v) is 8.54. The first-order valence-corrected chi connectivity index (χ1v) is 10.6. The number of carbonyl (C=O) groups excluding carboxylic acids is 1. The smallest absolute Gasteiger partial charge is 0.257 e. The van der Waals surface area contributed by atoms with Crippen LogP contribution in [0, 0.1) is 20.8 Å². The lowest BCUT2D eigenvalue weighted by atomic mass is 9.84. The molecule has 0 bridgehead atoms. The Morgan fingerprint density at radius 2 is 1.86 bits per heavy atom. The van der Waals surface area contributed by atoms with Crippen molar-refractivity contribution in [3.8, 4) is 0 Å². The highest BCUT2D eigenvalue weighted by atomic mass is 32.2. The maximum atomic E-state index is 13.0. The van der Waals surface area contributed by atoms with Crippen molar-refractivity contribution >= 4 is 23.5 Å². The highest BCUT2D eigenvalue weighted by molar-refractivity contribution is 7.98. The Kier molecular flexibility index (Phi) is 5.28. The Balaban J connectivity index is 1.69. The van der Waals surface area contributed by atoms with Crippen molar-refractivity contribution < 1.29 is 4.79 Å². The molecule has 0 aliphatic carbocycles. The summed E-state index contributed by atoms with van der Waals surface area (Å²) < 4.78 is 0. The van der Waals surface area contributed by atoms with Gasteiger partial charge in [0.15, 0.2) is 5.16 Å². The number of aryl methyl sites for hydroxylation is 3. The molecule has 0 fully saturated rings. The summed E-state index contributed by atoms with van der Waals surface area (Å²) in [5.74, 6) is 0.669. The average Bonchev–Trinajstić information content (AvgIpc) is 2.67. The summed E-state index contributed by atoms with van der Waals surface area (Å²) in [5, 5.41) is 3.31. The molecule has 1 amide bonds. The van der Waals surface area contributed by atoms with Gasteiger partial charge in [-0.25, -0.2) is 4.98 Å². The number of rotatable bonds is 4. The maximum absolute atomic E-state index is 13.0. The fourth-order valence-electron chi connectivity index (χ4n) is 3.77. The average molecular weight is 406 g/mol. The molecule has 2 heterocycles. The molecule has 5 nitrogen and oxygen atoms in total. The van der Waals surface area contributed by atoms with Gasteiger partial charge in [-0.1, -0.05) is 65.4 Å². The zero-order valence-electron chi connectivity index (χ0n) is 16.7. The number of nitrogens with one attached hydrogen (secondary N) is 2. The van der Waals surface area contributed by atoms with E-state index in [9.17, 15) is 9.59 Å². The van der Waals surface area contributed by atoms with Gasteiger partial charge in [-0.3, -0.25) is 9.59 Å². The Hall–Kier alpha value is -2.86. The van der Waals surface area contributed by atoms with E-state index in [0.717, 1.165) is 22.3 Å².